The molecule has 1 unspecified atom stereocenters. The van der Waals surface area contributed by atoms with Crippen LogP contribution in [0.2, 0.25) is 0 Å². The Morgan fingerprint density at radius 2 is 1.88 bits per heavy atom. The van der Waals surface area contributed by atoms with Crippen LogP contribution in [-0.2, 0) is 20.8 Å². The fourth-order valence-corrected chi connectivity index (χ4v) is 4.68. The van der Waals surface area contributed by atoms with Gasteiger partial charge in [0.15, 0.2) is 0 Å². The van der Waals surface area contributed by atoms with Crippen LogP contribution in [0.3, 0.4) is 0 Å². The Morgan fingerprint density at radius 3 is 2.71 bits per heavy atom. The molecular weight excluding hydrogens is 432 g/mol. The first-order valence-electron chi connectivity index (χ1n) is 12.3. The Kier molecular flexibility index (Phi) is 9.44. The van der Waals surface area contributed by atoms with Crippen molar-refractivity contribution >= 4 is 5.69 Å². The van der Waals surface area contributed by atoms with E-state index in [1.807, 2.05) is 12.1 Å². The average Bonchev–Trinajstić information content (AvgIpc) is 2.88. The number of nitrogens with one attached hydrogen (secondary N) is 1. The highest BCUT2D eigenvalue weighted by molar-refractivity contribution is 5.61. The highest BCUT2D eigenvalue weighted by atomic mass is 16.5. The molecule has 2 heterocycles. The van der Waals surface area contributed by atoms with Crippen LogP contribution in [0, 0.1) is 0 Å². The van der Waals surface area contributed by atoms with Gasteiger partial charge in [0, 0.05) is 39.8 Å². The zero-order valence-corrected chi connectivity index (χ0v) is 20.5. The second kappa shape index (κ2) is 13.0. The molecule has 4 rings (SSSR count). The number of hydrogen-bond donors (Lipinski definition) is 1. The zero-order chi connectivity index (χ0) is 23.6. The zero-order valence-electron chi connectivity index (χ0n) is 20.5. The Bertz CT molecular complexity index is 876. The summed E-state index contributed by atoms with van der Waals surface area (Å²) in [6, 6.07) is 14.9. The molecule has 0 radical (unpaired) electrons. The van der Waals surface area contributed by atoms with Crippen LogP contribution < -0.4 is 19.7 Å². The summed E-state index contributed by atoms with van der Waals surface area (Å²) in [4.78, 5) is 2.39. The van der Waals surface area contributed by atoms with Gasteiger partial charge in [0.25, 0.3) is 0 Å². The molecule has 7 heteroatoms. The van der Waals surface area contributed by atoms with E-state index in [9.17, 15) is 0 Å². The average molecular weight is 471 g/mol. The minimum absolute atomic E-state index is 0.124. The molecule has 1 saturated heterocycles. The number of benzene rings is 2. The highest BCUT2D eigenvalue weighted by Gasteiger charge is 2.27. The van der Waals surface area contributed by atoms with Gasteiger partial charge >= 0.3 is 0 Å². The van der Waals surface area contributed by atoms with Crippen LogP contribution in [0.25, 0.3) is 0 Å². The number of nitrogens with zero attached hydrogens (tertiary/aromatic N) is 1. The molecule has 7 nitrogen and oxygen atoms in total. The molecule has 0 saturated carbocycles. The van der Waals surface area contributed by atoms with E-state index in [0.717, 1.165) is 69.4 Å². The summed E-state index contributed by atoms with van der Waals surface area (Å²) in [5.41, 5.74) is 3.63. The maximum atomic E-state index is 6.48. The third-order valence-electron chi connectivity index (χ3n) is 6.51. The highest BCUT2D eigenvalue weighted by Crippen LogP contribution is 2.34. The number of hydrogen-bond acceptors (Lipinski definition) is 7. The number of ether oxygens (including phenoxy) is 5. The molecule has 1 fully saturated rings. The van der Waals surface area contributed by atoms with Crippen molar-refractivity contribution in [3.63, 3.8) is 0 Å². The number of piperidine rings is 1. The third-order valence-corrected chi connectivity index (χ3v) is 6.51. The van der Waals surface area contributed by atoms with Crippen molar-refractivity contribution in [2.45, 2.75) is 31.5 Å². The van der Waals surface area contributed by atoms with Crippen LogP contribution in [0.4, 0.5) is 5.69 Å². The molecule has 2 atom stereocenters. The minimum atomic E-state index is 0.124. The second-order valence-corrected chi connectivity index (χ2v) is 8.84. The molecule has 0 aromatic heterocycles. The number of rotatable bonds is 12. The van der Waals surface area contributed by atoms with Crippen molar-refractivity contribution in [3.05, 3.63) is 53.6 Å². The van der Waals surface area contributed by atoms with Gasteiger partial charge in [-0.05, 0) is 54.8 Å². The molecule has 0 aliphatic carbocycles. The first kappa shape index (κ1) is 24.8. The Morgan fingerprint density at radius 1 is 1.03 bits per heavy atom. The molecule has 2 aromatic rings. The van der Waals surface area contributed by atoms with E-state index in [1.54, 1.807) is 14.2 Å². The lowest BCUT2D eigenvalue weighted by molar-refractivity contribution is 0.0106. The van der Waals surface area contributed by atoms with Gasteiger partial charge in [-0.2, -0.15) is 0 Å². The molecule has 186 valence electrons. The summed E-state index contributed by atoms with van der Waals surface area (Å²) in [5.74, 6) is 2.19. The standard InChI is InChI=1S/C27H38N2O5/c1-30-14-3-12-29-13-15-33-26-9-4-21(18-25(26)29)20-34-27-19-28-11-10-24(27)22-5-7-23(8-6-22)32-17-16-31-2/h4-9,18,24,27-28H,3,10-17,19-20H2,1-2H3/t24-,27?/m1/s1. The quantitative estimate of drug-likeness (QED) is 0.476. The third kappa shape index (κ3) is 6.63. The lowest BCUT2D eigenvalue weighted by atomic mass is 9.87. The summed E-state index contributed by atoms with van der Waals surface area (Å²) >= 11 is 0. The first-order chi connectivity index (χ1) is 16.8. The van der Waals surface area contributed by atoms with Gasteiger partial charge in [0.05, 0.1) is 31.5 Å². The number of fused-ring (bicyclic) bond motifs is 1. The summed E-state index contributed by atoms with van der Waals surface area (Å²) in [5, 5.41) is 3.50. The predicted molar refractivity (Wildman–Crippen MR) is 133 cm³/mol. The van der Waals surface area contributed by atoms with Crippen LogP contribution in [0.15, 0.2) is 42.5 Å². The summed E-state index contributed by atoms with van der Waals surface area (Å²) < 4.78 is 28.4. The molecule has 2 aliphatic heterocycles. The predicted octanol–water partition coefficient (Wildman–Crippen LogP) is 3.61. The van der Waals surface area contributed by atoms with E-state index in [-0.39, 0.29) is 6.10 Å². The maximum absolute atomic E-state index is 6.48. The van der Waals surface area contributed by atoms with Crippen molar-refractivity contribution in [1.29, 1.82) is 0 Å². The van der Waals surface area contributed by atoms with Crippen LogP contribution in [0.5, 0.6) is 11.5 Å². The van der Waals surface area contributed by atoms with Crippen molar-refractivity contribution in [2.24, 2.45) is 0 Å². The minimum Gasteiger partial charge on any atom is -0.491 e. The lowest BCUT2D eigenvalue weighted by Crippen LogP contribution is -2.41. The van der Waals surface area contributed by atoms with Gasteiger partial charge in [0.2, 0.25) is 0 Å². The van der Waals surface area contributed by atoms with E-state index >= 15 is 0 Å². The van der Waals surface area contributed by atoms with E-state index in [0.29, 0.717) is 25.7 Å². The molecule has 2 aliphatic rings. The molecule has 34 heavy (non-hydrogen) atoms. The van der Waals surface area contributed by atoms with Crippen molar-refractivity contribution < 1.29 is 23.7 Å². The SMILES string of the molecule is COCCCN1CCOc2ccc(COC3CNCC[C@@H]3c3ccc(OCCOC)cc3)cc21. The molecular formula is C27H38N2O5. The van der Waals surface area contributed by atoms with Gasteiger partial charge in [0.1, 0.15) is 24.7 Å². The van der Waals surface area contributed by atoms with Crippen LogP contribution in [0.1, 0.15) is 29.9 Å². The summed E-state index contributed by atoms with van der Waals surface area (Å²) in [7, 11) is 3.43. The summed E-state index contributed by atoms with van der Waals surface area (Å²) in [6.07, 6.45) is 2.18. The van der Waals surface area contributed by atoms with Crippen molar-refractivity contribution in [2.75, 3.05) is 71.7 Å². The Labute approximate surface area is 203 Å². The fourth-order valence-electron chi connectivity index (χ4n) is 4.68. The van der Waals surface area contributed by atoms with Gasteiger partial charge in [-0.15, -0.1) is 0 Å². The Balaban J connectivity index is 1.37. The molecule has 0 spiro atoms. The van der Waals surface area contributed by atoms with Crippen molar-refractivity contribution in [3.8, 4) is 11.5 Å². The van der Waals surface area contributed by atoms with Crippen LogP contribution >= 0.6 is 0 Å². The molecule has 2 aromatic carbocycles. The normalized spacial score (nSPS) is 20.0. The monoisotopic (exact) mass is 470 g/mol. The molecule has 0 bridgehead atoms. The topological polar surface area (TPSA) is 61.4 Å². The van der Waals surface area contributed by atoms with E-state index in [4.69, 9.17) is 23.7 Å². The van der Waals surface area contributed by atoms with Crippen molar-refractivity contribution in [1.82, 2.24) is 5.32 Å². The number of methoxy groups -OCH3 is 2. The van der Waals surface area contributed by atoms with Gasteiger partial charge < -0.3 is 33.9 Å². The first-order valence-corrected chi connectivity index (χ1v) is 12.3. The fraction of sp³-hybridized carbons (Fsp3) is 0.556. The number of anilines is 1. The van der Waals surface area contributed by atoms with Gasteiger partial charge in [-0.1, -0.05) is 18.2 Å². The van der Waals surface area contributed by atoms with E-state index < -0.39 is 0 Å². The largest absolute Gasteiger partial charge is 0.491 e. The molecule has 0 amide bonds. The maximum Gasteiger partial charge on any atom is 0.142 e. The van der Waals surface area contributed by atoms with Crippen LogP contribution in [-0.4, -0.2) is 72.9 Å². The van der Waals surface area contributed by atoms with E-state index in [2.05, 4.69) is 40.5 Å². The summed E-state index contributed by atoms with van der Waals surface area (Å²) in [6.45, 7) is 6.95. The smallest absolute Gasteiger partial charge is 0.142 e. The second-order valence-electron chi connectivity index (χ2n) is 8.84. The lowest BCUT2D eigenvalue weighted by Gasteiger charge is -2.33. The van der Waals surface area contributed by atoms with E-state index in [1.165, 1.54) is 11.1 Å². The Hall–Kier alpha value is -2.32. The van der Waals surface area contributed by atoms with Gasteiger partial charge in [-0.25, -0.2) is 0 Å². The van der Waals surface area contributed by atoms with Gasteiger partial charge in [-0.3, -0.25) is 0 Å². The molecule has 1 N–H and O–H groups in total.